The summed E-state index contributed by atoms with van der Waals surface area (Å²) in [6.45, 7) is 1.74. The van der Waals surface area contributed by atoms with Crippen LogP contribution in [0.25, 0.3) is 11.1 Å². The van der Waals surface area contributed by atoms with E-state index >= 15 is 0 Å². The molecule has 2 aromatic carbocycles. The summed E-state index contributed by atoms with van der Waals surface area (Å²) in [6, 6.07) is 7.72. The number of aryl methyl sites for hydroxylation is 1. The van der Waals surface area contributed by atoms with E-state index in [1.54, 1.807) is 19.1 Å². The van der Waals surface area contributed by atoms with E-state index in [4.69, 9.17) is 9.47 Å². The molecule has 0 heterocycles. The van der Waals surface area contributed by atoms with Crippen LogP contribution in [0.4, 0.5) is 4.39 Å². The molecule has 0 radical (unpaired) electrons. The third-order valence-electron chi connectivity index (χ3n) is 3.19. The van der Waals surface area contributed by atoms with Gasteiger partial charge in [0.2, 0.25) is 0 Å². The zero-order chi connectivity index (χ0) is 15.6. The number of carboxylic acid groups (broad SMARTS) is 1. The predicted molar refractivity (Wildman–Crippen MR) is 76.6 cm³/mol. The number of rotatable bonds is 4. The van der Waals surface area contributed by atoms with Gasteiger partial charge in [0, 0.05) is 0 Å². The highest BCUT2D eigenvalue weighted by Crippen LogP contribution is 2.32. The van der Waals surface area contributed by atoms with E-state index in [1.807, 2.05) is 0 Å². The Hall–Kier alpha value is -2.56. The van der Waals surface area contributed by atoms with Gasteiger partial charge in [-0.05, 0) is 47.9 Å². The van der Waals surface area contributed by atoms with Gasteiger partial charge in [0.15, 0.2) is 11.6 Å². The van der Waals surface area contributed by atoms with E-state index in [1.165, 1.54) is 32.4 Å². The summed E-state index contributed by atoms with van der Waals surface area (Å²) in [5, 5.41) is 9.26. The van der Waals surface area contributed by atoms with Crippen LogP contribution in [0.15, 0.2) is 30.3 Å². The van der Waals surface area contributed by atoms with Crippen molar-refractivity contribution in [3.8, 4) is 22.6 Å². The Balaban J connectivity index is 2.59. The normalized spacial score (nSPS) is 10.3. The number of carboxylic acids is 1. The molecule has 0 saturated heterocycles. The number of hydrogen-bond acceptors (Lipinski definition) is 3. The molecule has 0 aliphatic rings. The highest BCUT2D eigenvalue weighted by Gasteiger charge is 2.16. The first-order valence-corrected chi connectivity index (χ1v) is 6.23. The van der Waals surface area contributed by atoms with Crippen molar-refractivity contribution in [3.05, 3.63) is 47.3 Å². The molecule has 2 aromatic rings. The minimum Gasteiger partial charge on any atom is -0.496 e. The lowest BCUT2D eigenvalue weighted by Gasteiger charge is -2.12. The number of methoxy groups -OCH3 is 2. The van der Waals surface area contributed by atoms with Crippen molar-refractivity contribution in [2.75, 3.05) is 14.2 Å². The molecule has 110 valence electrons. The van der Waals surface area contributed by atoms with Crippen molar-refractivity contribution in [2.45, 2.75) is 6.92 Å². The number of carbonyl (C=O) groups is 1. The topological polar surface area (TPSA) is 55.8 Å². The average molecular weight is 290 g/mol. The molecule has 0 amide bonds. The van der Waals surface area contributed by atoms with Gasteiger partial charge >= 0.3 is 5.97 Å². The van der Waals surface area contributed by atoms with Gasteiger partial charge in [0.05, 0.1) is 14.2 Å². The number of hydrogen-bond donors (Lipinski definition) is 1. The van der Waals surface area contributed by atoms with Crippen molar-refractivity contribution in [1.29, 1.82) is 0 Å². The van der Waals surface area contributed by atoms with Gasteiger partial charge in [-0.15, -0.1) is 0 Å². The van der Waals surface area contributed by atoms with Crippen LogP contribution in [-0.4, -0.2) is 25.3 Å². The van der Waals surface area contributed by atoms with Crippen LogP contribution in [0, 0.1) is 12.7 Å². The SMILES string of the molecule is COc1ccc(-c2cc(C)c(OC)c(C(=O)O)c2)cc1F. The number of halogens is 1. The maximum atomic E-state index is 13.8. The smallest absolute Gasteiger partial charge is 0.339 e. The van der Waals surface area contributed by atoms with Gasteiger partial charge in [-0.2, -0.15) is 0 Å². The summed E-state index contributed by atoms with van der Waals surface area (Å²) < 4.78 is 23.8. The number of benzene rings is 2. The fraction of sp³-hybridized carbons (Fsp3) is 0.188. The van der Waals surface area contributed by atoms with Crippen LogP contribution in [0.3, 0.4) is 0 Å². The lowest BCUT2D eigenvalue weighted by atomic mass is 9.99. The summed E-state index contributed by atoms with van der Waals surface area (Å²) in [7, 11) is 2.81. The van der Waals surface area contributed by atoms with E-state index < -0.39 is 11.8 Å². The molecule has 0 spiro atoms. The molecule has 0 atom stereocenters. The van der Waals surface area contributed by atoms with Crippen molar-refractivity contribution in [1.82, 2.24) is 0 Å². The standard InChI is InChI=1S/C16H15FO4/c1-9-6-11(7-12(16(18)19)15(9)21-3)10-4-5-14(20-2)13(17)8-10/h4-8H,1-3H3,(H,18,19). The summed E-state index contributed by atoms with van der Waals surface area (Å²) in [5.41, 5.74) is 1.89. The second-order valence-corrected chi connectivity index (χ2v) is 4.53. The zero-order valence-corrected chi connectivity index (χ0v) is 11.9. The van der Waals surface area contributed by atoms with E-state index in [2.05, 4.69) is 0 Å². The molecule has 0 saturated carbocycles. The summed E-state index contributed by atoms with van der Waals surface area (Å²) in [6.07, 6.45) is 0. The molecule has 0 bridgehead atoms. The molecular weight excluding hydrogens is 275 g/mol. The van der Waals surface area contributed by atoms with Crippen molar-refractivity contribution in [3.63, 3.8) is 0 Å². The van der Waals surface area contributed by atoms with Crippen molar-refractivity contribution in [2.24, 2.45) is 0 Å². The maximum Gasteiger partial charge on any atom is 0.339 e. The first-order valence-electron chi connectivity index (χ1n) is 6.23. The highest BCUT2D eigenvalue weighted by atomic mass is 19.1. The van der Waals surface area contributed by atoms with Gasteiger partial charge in [-0.3, -0.25) is 0 Å². The van der Waals surface area contributed by atoms with Crippen LogP contribution < -0.4 is 9.47 Å². The molecule has 4 nitrogen and oxygen atoms in total. The third-order valence-corrected chi connectivity index (χ3v) is 3.19. The molecule has 0 aromatic heterocycles. The van der Waals surface area contributed by atoms with E-state index in [9.17, 15) is 14.3 Å². The first kappa shape index (κ1) is 14.8. The first-order chi connectivity index (χ1) is 9.97. The molecular formula is C16H15FO4. The Bertz CT molecular complexity index is 695. The van der Waals surface area contributed by atoms with Crippen LogP contribution >= 0.6 is 0 Å². The fourth-order valence-electron chi connectivity index (χ4n) is 2.22. The second kappa shape index (κ2) is 5.83. The quantitative estimate of drug-likeness (QED) is 0.936. The van der Waals surface area contributed by atoms with Gasteiger partial charge in [-0.25, -0.2) is 9.18 Å². The Morgan fingerprint density at radius 1 is 1.10 bits per heavy atom. The third kappa shape index (κ3) is 2.81. The molecule has 5 heteroatoms. The Morgan fingerprint density at radius 3 is 2.33 bits per heavy atom. The van der Waals surface area contributed by atoms with Crippen LogP contribution in [-0.2, 0) is 0 Å². The Kier molecular flexibility index (Phi) is 4.12. The second-order valence-electron chi connectivity index (χ2n) is 4.53. The van der Waals surface area contributed by atoms with Gasteiger partial charge in [-0.1, -0.05) is 6.07 Å². The maximum absolute atomic E-state index is 13.8. The zero-order valence-electron chi connectivity index (χ0n) is 11.9. The molecule has 0 unspecified atom stereocenters. The minimum atomic E-state index is -1.09. The van der Waals surface area contributed by atoms with Crippen LogP contribution in [0.2, 0.25) is 0 Å². The molecule has 2 rings (SSSR count). The monoisotopic (exact) mass is 290 g/mol. The lowest BCUT2D eigenvalue weighted by Crippen LogP contribution is -2.03. The lowest BCUT2D eigenvalue weighted by molar-refractivity contribution is 0.0693. The highest BCUT2D eigenvalue weighted by molar-refractivity contribution is 5.93. The van der Waals surface area contributed by atoms with Crippen LogP contribution in [0.1, 0.15) is 15.9 Å². The molecule has 21 heavy (non-hydrogen) atoms. The molecule has 0 aliphatic heterocycles. The van der Waals surface area contributed by atoms with E-state index in [-0.39, 0.29) is 11.3 Å². The van der Waals surface area contributed by atoms with Crippen molar-refractivity contribution >= 4 is 5.97 Å². The van der Waals surface area contributed by atoms with E-state index in [0.717, 1.165) is 0 Å². The Labute approximate surface area is 121 Å². The minimum absolute atomic E-state index is 0.0451. The van der Waals surface area contributed by atoms with Gasteiger partial charge < -0.3 is 14.6 Å². The average Bonchev–Trinajstić information content (AvgIpc) is 2.46. The number of aromatic carboxylic acids is 1. The molecule has 0 aliphatic carbocycles. The predicted octanol–water partition coefficient (Wildman–Crippen LogP) is 3.52. The molecule has 0 fully saturated rings. The Morgan fingerprint density at radius 2 is 1.81 bits per heavy atom. The number of ether oxygens (including phenoxy) is 2. The largest absolute Gasteiger partial charge is 0.496 e. The van der Waals surface area contributed by atoms with E-state index in [0.29, 0.717) is 22.4 Å². The van der Waals surface area contributed by atoms with Gasteiger partial charge in [0.25, 0.3) is 0 Å². The summed E-state index contributed by atoms with van der Waals surface area (Å²) in [5.74, 6) is -1.14. The van der Waals surface area contributed by atoms with Crippen LogP contribution in [0.5, 0.6) is 11.5 Å². The van der Waals surface area contributed by atoms with Crippen molar-refractivity contribution < 1.29 is 23.8 Å². The fourth-order valence-corrected chi connectivity index (χ4v) is 2.22. The van der Waals surface area contributed by atoms with Gasteiger partial charge in [0.1, 0.15) is 11.3 Å². The summed E-state index contributed by atoms with van der Waals surface area (Å²) in [4.78, 5) is 11.3. The summed E-state index contributed by atoms with van der Waals surface area (Å²) >= 11 is 0. The molecule has 1 N–H and O–H groups in total.